The van der Waals surface area contributed by atoms with Crippen LogP contribution in [0.2, 0.25) is 0 Å². The number of anilines is 5. The maximum Gasteiger partial charge on any atom is 0.252 e. The van der Waals surface area contributed by atoms with Crippen molar-refractivity contribution in [1.29, 1.82) is 0 Å². The number of fused-ring (bicyclic) bond motifs is 9. The van der Waals surface area contributed by atoms with Crippen LogP contribution in [-0.2, 0) is 21.7 Å². The highest BCUT2D eigenvalue weighted by Crippen LogP contribution is 2.55. The van der Waals surface area contributed by atoms with Gasteiger partial charge in [-0.3, -0.25) is 9.98 Å². The fourth-order valence-electron chi connectivity index (χ4n) is 17.7. The Bertz CT molecular complexity index is 5330. The molecule has 98 heavy (non-hydrogen) atoms. The lowest BCUT2D eigenvalue weighted by Crippen LogP contribution is -2.62. The SMILES string of the molecule is CC1(C)CCC(C)(C)c2cc(-c3ccc4c(c3)N(C3=C(c5ccccc5)C=NCC3c3ccccc3)c3cc(-n5c6ccccc6c6ccccc65)cc5c3B4c3ccc(-c4ccc6c(c4)C(C)(C)CCC6(C)C)cc3N5c3c(-c4ccccc4)cncc3-c3ccccc3)ccc21. The Balaban J connectivity index is 1.01. The number of hydrogen-bond donors (Lipinski definition) is 0. The van der Waals surface area contributed by atoms with Crippen LogP contribution in [-0.4, -0.2) is 29.0 Å². The molecule has 2 aliphatic carbocycles. The summed E-state index contributed by atoms with van der Waals surface area (Å²) in [4.78, 5) is 16.0. The number of dihydropyridines is 1. The molecule has 0 saturated heterocycles. The van der Waals surface area contributed by atoms with Crippen LogP contribution in [0.1, 0.15) is 120 Å². The minimum absolute atomic E-state index is 0.0216. The first-order valence-corrected chi connectivity index (χ1v) is 35.4. The monoisotopic (exact) mass is 1270 g/mol. The Morgan fingerprint density at radius 1 is 0.378 bits per heavy atom. The van der Waals surface area contributed by atoms with Crippen molar-refractivity contribution in [2.75, 3.05) is 16.3 Å². The molecule has 1 unspecified atom stereocenters. The molecule has 476 valence electrons. The molecule has 5 aliphatic rings. The minimum Gasteiger partial charge on any atom is -0.314 e. The molecule has 3 aliphatic heterocycles. The van der Waals surface area contributed by atoms with Crippen LogP contribution < -0.4 is 26.2 Å². The summed E-state index contributed by atoms with van der Waals surface area (Å²) in [5, 5.41) is 2.43. The van der Waals surface area contributed by atoms with Gasteiger partial charge in [-0.2, -0.15) is 0 Å². The molecular weight excluding hydrogens is 1190 g/mol. The quantitative estimate of drug-likeness (QED) is 0.135. The summed E-state index contributed by atoms with van der Waals surface area (Å²) in [5.74, 6) is -0.125. The van der Waals surface area contributed by atoms with E-state index in [9.17, 15) is 0 Å². The van der Waals surface area contributed by atoms with Crippen LogP contribution in [0.5, 0.6) is 0 Å². The van der Waals surface area contributed by atoms with Gasteiger partial charge in [-0.15, -0.1) is 0 Å². The lowest BCUT2D eigenvalue weighted by atomic mass is 9.33. The van der Waals surface area contributed by atoms with Crippen molar-refractivity contribution in [3.05, 3.63) is 306 Å². The van der Waals surface area contributed by atoms with Crippen LogP contribution in [0.15, 0.2) is 278 Å². The van der Waals surface area contributed by atoms with Crippen molar-refractivity contribution in [3.63, 3.8) is 0 Å². The van der Waals surface area contributed by atoms with Gasteiger partial charge in [-0.05, 0) is 167 Å². The van der Waals surface area contributed by atoms with Crippen LogP contribution in [0.4, 0.5) is 28.4 Å². The van der Waals surface area contributed by atoms with Crippen molar-refractivity contribution in [3.8, 4) is 50.2 Å². The van der Waals surface area contributed by atoms with E-state index in [2.05, 4.69) is 343 Å². The molecule has 0 spiro atoms. The van der Waals surface area contributed by atoms with Gasteiger partial charge in [0.15, 0.2) is 0 Å². The predicted molar refractivity (Wildman–Crippen MR) is 415 cm³/mol. The van der Waals surface area contributed by atoms with E-state index in [1.54, 1.807) is 0 Å². The molecule has 2 aromatic heterocycles. The van der Waals surface area contributed by atoms with E-state index in [0.717, 1.165) is 98.5 Å². The highest BCUT2D eigenvalue weighted by Gasteiger charge is 2.48. The largest absolute Gasteiger partial charge is 0.314 e. The molecule has 0 amide bonds. The maximum absolute atomic E-state index is 5.37. The molecule has 0 radical (unpaired) electrons. The van der Waals surface area contributed by atoms with E-state index in [4.69, 9.17) is 9.98 Å². The molecule has 0 saturated carbocycles. The Hall–Kier alpha value is -10.6. The topological polar surface area (TPSA) is 36.7 Å². The van der Waals surface area contributed by atoms with Crippen molar-refractivity contribution in [1.82, 2.24) is 9.55 Å². The zero-order valence-corrected chi connectivity index (χ0v) is 57.4. The molecule has 0 bridgehead atoms. The standard InChI is InChI=1S/C92H80BN5/c1-89(2)45-47-91(5,6)76-49-63(37-41-74(76)89)65-39-43-78-82(51-65)97(87-70(59-25-13-9-14-26-59)55-94-56-71(87)60-27-15-10-16-28-60)84-53-67(96-80-35-23-21-33-68(80)69-34-22-24-36-81(69)96)54-85-86(84)93(78)79-44-40-66(64-38-42-75-77(50-64)92(7,8)48-46-90(75,3)4)52-83(79)98(85)88-72(61-29-17-11-18-30-61)57-95-58-73(88)62-31-19-12-20-32-62/h9-44,49-57,73H,45-48,58H2,1-8H3. The molecule has 0 fully saturated rings. The van der Waals surface area contributed by atoms with Crippen LogP contribution >= 0.6 is 0 Å². The van der Waals surface area contributed by atoms with Crippen molar-refractivity contribution in [2.45, 2.75) is 109 Å². The van der Waals surface area contributed by atoms with E-state index in [0.29, 0.717) is 6.54 Å². The van der Waals surface area contributed by atoms with Gasteiger partial charge in [0.05, 0.1) is 29.0 Å². The highest BCUT2D eigenvalue weighted by atomic mass is 15.2. The van der Waals surface area contributed by atoms with Gasteiger partial charge in [0, 0.05) is 80.4 Å². The first-order valence-electron chi connectivity index (χ1n) is 35.4. The second-order valence-electron chi connectivity index (χ2n) is 30.9. The first-order chi connectivity index (χ1) is 47.6. The third kappa shape index (κ3) is 9.49. The minimum atomic E-state index is -0.213. The van der Waals surface area contributed by atoms with Gasteiger partial charge in [0.1, 0.15) is 0 Å². The van der Waals surface area contributed by atoms with E-state index < -0.39 is 0 Å². The average Bonchev–Trinajstić information content (AvgIpc) is 0.725. The third-order valence-corrected chi connectivity index (χ3v) is 23.2. The Labute approximate surface area is 577 Å². The maximum atomic E-state index is 5.37. The van der Waals surface area contributed by atoms with Crippen molar-refractivity contribution < 1.29 is 0 Å². The molecule has 11 aromatic carbocycles. The number of allylic oxidation sites excluding steroid dienone is 1. The molecule has 1 atom stereocenters. The third-order valence-electron chi connectivity index (χ3n) is 23.2. The summed E-state index contributed by atoms with van der Waals surface area (Å²) in [7, 11) is 0. The summed E-state index contributed by atoms with van der Waals surface area (Å²) in [6.45, 7) is 19.9. The molecule has 0 N–H and O–H groups in total. The lowest BCUT2D eigenvalue weighted by Gasteiger charge is -2.47. The molecule has 6 heteroatoms. The average molecular weight is 1270 g/mol. The Morgan fingerprint density at radius 2 is 0.796 bits per heavy atom. The smallest absolute Gasteiger partial charge is 0.252 e. The Kier molecular flexibility index (Phi) is 13.8. The van der Waals surface area contributed by atoms with E-state index in [1.165, 1.54) is 88.6 Å². The highest BCUT2D eigenvalue weighted by molar-refractivity contribution is 7.00. The van der Waals surface area contributed by atoms with Crippen LogP contribution in [0.3, 0.4) is 0 Å². The summed E-state index contributed by atoms with van der Waals surface area (Å²) in [6.07, 6.45) is 11.0. The summed E-state index contributed by atoms with van der Waals surface area (Å²) in [5.41, 5.74) is 32.6. The number of rotatable bonds is 9. The summed E-state index contributed by atoms with van der Waals surface area (Å²) in [6, 6.07) is 97.1. The number of aliphatic imine (C=N–C) groups is 1. The van der Waals surface area contributed by atoms with Crippen LogP contribution in [0.25, 0.3) is 77.6 Å². The first kappa shape index (κ1) is 59.9. The van der Waals surface area contributed by atoms with Gasteiger partial charge in [0.25, 0.3) is 6.71 Å². The van der Waals surface area contributed by atoms with Gasteiger partial charge in [-0.1, -0.05) is 274 Å². The normalized spacial score (nSPS) is 17.5. The number of nitrogens with zero attached hydrogens (tertiary/aromatic N) is 5. The Morgan fingerprint density at radius 3 is 1.31 bits per heavy atom. The summed E-state index contributed by atoms with van der Waals surface area (Å²) < 4.78 is 2.55. The van der Waals surface area contributed by atoms with Gasteiger partial charge in [0.2, 0.25) is 0 Å². The molecule has 13 aromatic rings. The lowest BCUT2D eigenvalue weighted by molar-refractivity contribution is 0.332. The van der Waals surface area contributed by atoms with Gasteiger partial charge >= 0.3 is 0 Å². The number of aromatic nitrogens is 2. The zero-order valence-electron chi connectivity index (χ0n) is 57.4. The fourth-order valence-corrected chi connectivity index (χ4v) is 17.7. The van der Waals surface area contributed by atoms with E-state index in [-0.39, 0.29) is 34.3 Å². The van der Waals surface area contributed by atoms with Crippen LogP contribution in [0, 0.1) is 0 Å². The van der Waals surface area contributed by atoms with Gasteiger partial charge in [-0.25, -0.2) is 0 Å². The number of para-hydroxylation sites is 2. The number of hydrogen-bond acceptors (Lipinski definition) is 4. The fraction of sp³-hybridized carbons (Fsp3) is 0.196. The molecule has 5 heterocycles. The number of pyridine rings is 1. The van der Waals surface area contributed by atoms with E-state index in [1.807, 2.05) is 0 Å². The number of benzene rings is 11. The predicted octanol–water partition coefficient (Wildman–Crippen LogP) is 21.6. The second-order valence-corrected chi connectivity index (χ2v) is 30.9. The molecule has 5 nitrogen and oxygen atoms in total. The van der Waals surface area contributed by atoms with E-state index >= 15 is 0 Å². The van der Waals surface area contributed by atoms with Gasteiger partial charge < -0.3 is 14.4 Å². The van der Waals surface area contributed by atoms with Crippen molar-refractivity contribution in [2.24, 2.45) is 4.99 Å². The van der Waals surface area contributed by atoms with Crippen molar-refractivity contribution >= 4 is 85.1 Å². The second kappa shape index (κ2) is 22.5. The summed E-state index contributed by atoms with van der Waals surface area (Å²) >= 11 is 0. The zero-order chi connectivity index (χ0) is 66.4. The molecular formula is C92H80BN5. The molecule has 18 rings (SSSR count).